The Morgan fingerprint density at radius 1 is 0.846 bits per heavy atom. The molecule has 0 radical (unpaired) electrons. The van der Waals surface area contributed by atoms with Crippen molar-refractivity contribution in [1.29, 1.82) is 0 Å². The monoisotopic (exact) mass is 351 g/mol. The van der Waals surface area contributed by atoms with E-state index >= 15 is 0 Å². The van der Waals surface area contributed by atoms with E-state index in [4.69, 9.17) is 9.15 Å². The summed E-state index contributed by atoms with van der Waals surface area (Å²) < 4.78 is 11.1. The molecule has 26 heavy (non-hydrogen) atoms. The highest BCUT2D eigenvalue weighted by Crippen LogP contribution is 2.11. The summed E-state index contributed by atoms with van der Waals surface area (Å²) in [6.45, 7) is 2.73. The molecule has 0 amide bonds. The largest absolute Gasteiger partial charge is 0.468 e. The van der Waals surface area contributed by atoms with E-state index in [1.54, 1.807) is 6.26 Å². The number of aliphatic hydroxyl groups is 1. The van der Waals surface area contributed by atoms with Crippen LogP contribution in [0.25, 0.3) is 0 Å². The second kappa shape index (κ2) is 9.92. The molecule has 0 aliphatic carbocycles. The lowest BCUT2D eigenvalue weighted by Crippen LogP contribution is -2.34. The molecule has 2 aromatic carbocycles. The van der Waals surface area contributed by atoms with Crippen molar-refractivity contribution in [3.63, 3.8) is 0 Å². The van der Waals surface area contributed by atoms with Gasteiger partial charge >= 0.3 is 0 Å². The third-order valence-electron chi connectivity index (χ3n) is 4.10. The second-order valence-corrected chi connectivity index (χ2v) is 6.39. The maximum Gasteiger partial charge on any atom is 0.117 e. The third kappa shape index (κ3) is 6.15. The summed E-state index contributed by atoms with van der Waals surface area (Å²) in [4.78, 5) is 2.17. The van der Waals surface area contributed by atoms with E-state index in [0.29, 0.717) is 26.3 Å². The minimum atomic E-state index is -0.558. The smallest absolute Gasteiger partial charge is 0.117 e. The van der Waals surface area contributed by atoms with E-state index in [2.05, 4.69) is 17.0 Å². The molecule has 1 heterocycles. The lowest BCUT2D eigenvalue weighted by Gasteiger charge is -2.24. The van der Waals surface area contributed by atoms with E-state index in [9.17, 15) is 5.11 Å². The van der Waals surface area contributed by atoms with E-state index < -0.39 is 6.10 Å². The molecule has 1 atom stereocenters. The molecule has 3 aromatic rings. The van der Waals surface area contributed by atoms with E-state index in [-0.39, 0.29) is 0 Å². The topological polar surface area (TPSA) is 45.8 Å². The summed E-state index contributed by atoms with van der Waals surface area (Å²) in [5.74, 6) is 0.887. The van der Waals surface area contributed by atoms with Gasteiger partial charge in [0.25, 0.3) is 0 Å². The van der Waals surface area contributed by atoms with E-state index in [0.717, 1.165) is 17.9 Å². The van der Waals surface area contributed by atoms with Crippen LogP contribution in [-0.4, -0.2) is 29.3 Å². The molecule has 0 bridgehead atoms. The quantitative estimate of drug-likeness (QED) is 0.602. The zero-order valence-corrected chi connectivity index (χ0v) is 14.8. The fourth-order valence-corrected chi connectivity index (χ4v) is 2.89. The highest BCUT2D eigenvalue weighted by atomic mass is 16.5. The Bertz CT molecular complexity index is 729. The predicted octanol–water partition coefficient (Wildman–Crippen LogP) is 3.86. The van der Waals surface area contributed by atoms with Gasteiger partial charge in [-0.2, -0.15) is 0 Å². The number of nitrogens with zero attached hydrogens (tertiary/aromatic N) is 1. The van der Waals surface area contributed by atoms with Crippen LogP contribution in [0, 0.1) is 0 Å². The van der Waals surface area contributed by atoms with Crippen molar-refractivity contribution >= 4 is 0 Å². The standard InChI is InChI=1S/C22H25NO3/c24-21(18-25-17-20-10-5-2-6-11-20)15-23(16-22-12-7-13-26-22)14-19-8-3-1-4-9-19/h1-13,21,24H,14-18H2/t21-/m0/s1. The highest BCUT2D eigenvalue weighted by molar-refractivity contribution is 5.15. The van der Waals surface area contributed by atoms with Gasteiger partial charge in [-0.1, -0.05) is 60.7 Å². The molecule has 0 fully saturated rings. The first-order valence-electron chi connectivity index (χ1n) is 8.88. The Morgan fingerprint density at radius 3 is 2.19 bits per heavy atom. The lowest BCUT2D eigenvalue weighted by atomic mass is 10.2. The fourth-order valence-electron chi connectivity index (χ4n) is 2.89. The Morgan fingerprint density at radius 2 is 1.54 bits per heavy atom. The van der Waals surface area contributed by atoms with Crippen LogP contribution in [0.1, 0.15) is 16.9 Å². The van der Waals surface area contributed by atoms with Crippen molar-refractivity contribution < 1.29 is 14.3 Å². The second-order valence-electron chi connectivity index (χ2n) is 6.39. The summed E-state index contributed by atoms with van der Waals surface area (Å²) in [7, 11) is 0. The van der Waals surface area contributed by atoms with Crippen LogP contribution in [0.3, 0.4) is 0 Å². The molecule has 3 rings (SSSR count). The first-order valence-corrected chi connectivity index (χ1v) is 8.88. The molecule has 1 N–H and O–H groups in total. The van der Waals surface area contributed by atoms with Gasteiger partial charge in [-0.25, -0.2) is 0 Å². The minimum absolute atomic E-state index is 0.304. The number of aliphatic hydroxyl groups excluding tert-OH is 1. The van der Waals surface area contributed by atoms with Crippen LogP contribution in [-0.2, 0) is 24.4 Å². The summed E-state index contributed by atoms with van der Waals surface area (Å²) in [5, 5.41) is 10.4. The van der Waals surface area contributed by atoms with Gasteiger partial charge in [-0.15, -0.1) is 0 Å². The van der Waals surface area contributed by atoms with Crippen molar-refractivity contribution in [2.75, 3.05) is 13.2 Å². The maximum atomic E-state index is 10.4. The number of ether oxygens (including phenoxy) is 1. The SMILES string of the molecule is O[C@H](COCc1ccccc1)CN(Cc1ccccc1)Cc1ccco1. The summed E-state index contributed by atoms with van der Waals surface area (Å²) in [6.07, 6.45) is 1.12. The zero-order valence-electron chi connectivity index (χ0n) is 14.8. The van der Waals surface area contributed by atoms with Gasteiger partial charge in [0.2, 0.25) is 0 Å². The Kier molecular flexibility index (Phi) is 7.02. The average Bonchev–Trinajstić information content (AvgIpc) is 3.16. The molecule has 4 heteroatoms. The van der Waals surface area contributed by atoms with Crippen LogP contribution >= 0.6 is 0 Å². The Hall–Kier alpha value is -2.40. The zero-order chi connectivity index (χ0) is 18.0. The third-order valence-corrected chi connectivity index (χ3v) is 4.10. The highest BCUT2D eigenvalue weighted by Gasteiger charge is 2.14. The van der Waals surface area contributed by atoms with Crippen LogP contribution in [0.2, 0.25) is 0 Å². The molecule has 0 aliphatic heterocycles. The average molecular weight is 351 g/mol. The minimum Gasteiger partial charge on any atom is -0.468 e. The van der Waals surface area contributed by atoms with Crippen LogP contribution in [0.4, 0.5) is 0 Å². The molecule has 136 valence electrons. The Balaban J connectivity index is 1.52. The van der Waals surface area contributed by atoms with Gasteiger partial charge < -0.3 is 14.3 Å². The van der Waals surface area contributed by atoms with E-state index in [1.807, 2.05) is 60.7 Å². The molecule has 0 saturated heterocycles. The van der Waals surface area contributed by atoms with Gasteiger partial charge in [0.15, 0.2) is 0 Å². The molecular weight excluding hydrogens is 326 g/mol. The normalized spacial score (nSPS) is 12.4. The van der Waals surface area contributed by atoms with Crippen molar-refractivity contribution in [1.82, 2.24) is 4.90 Å². The van der Waals surface area contributed by atoms with E-state index in [1.165, 1.54) is 5.56 Å². The number of rotatable bonds is 10. The predicted molar refractivity (Wildman–Crippen MR) is 101 cm³/mol. The number of furan rings is 1. The van der Waals surface area contributed by atoms with Gasteiger partial charge in [0.1, 0.15) is 5.76 Å². The van der Waals surface area contributed by atoms with Crippen LogP contribution in [0.15, 0.2) is 83.5 Å². The summed E-state index contributed by atoms with van der Waals surface area (Å²) in [5.41, 5.74) is 2.31. The van der Waals surface area contributed by atoms with Gasteiger partial charge in [0.05, 0.1) is 32.1 Å². The molecule has 0 saturated carbocycles. The molecule has 0 aliphatic rings. The first kappa shape index (κ1) is 18.4. The van der Waals surface area contributed by atoms with Crippen molar-refractivity contribution in [2.24, 2.45) is 0 Å². The van der Waals surface area contributed by atoms with Crippen molar-refractivity contribution in [3.05, 3.63) is 95.9 Å². The number of hydrogen-bond acceptors (Lipinski definition) is 4. The number of hydrogen-bond donors (Lipinski definition) is 1. The van der Waals surface area contributed by atoms with Gasteiger partial charge in [-0.3, -0.25) is 4.90 Å². The Labute approximate surface area is 154 Å². The maximum absolute atomic E-state index is 10.4. The van der Waals surface area contributed by atoms with Gasteiger partial charge in [0, 0.05) is 13.1 Å². The molecule has 0 unspecified atom stereocenters. The summed E-state index contributed by atoms with van der Waals surface area (Å²) >= 11 is 0. The first-order chi connectivity index (χ1) is 12.8. The van der Waals surface area contributed by atoms with Crippen LogP contribution < -0.4 is 0 Å². The molecule has 0 spiro atoms. The van der Waals surface area contributed by atoms with Crippen molar-refractivity contribution in [3.8, 4) is 0 Å². The lowest BCUT2D eigenvalue weighted by molar-refractivity contribution is 0.00613. The molecular formula is C22H25NO3. The van der Waals surface area contributed by atoms with Gasteiger partial charge in [-0.05, 0) is 23.3 Å². The molecule has 1 aromatic heterocycles. The van der Waals surface area contributed by atoms with Crippen molar-refractivity contribution in [2.45, 2.75) is 25.8 Å². The summed E-state index contributed by atoms with van der Waals surface area (Å²) in [6, 6.07) is 24.1. The number of benzene rings is 2. The fraction of sp³-hybridized carbons (Fsp3) is 0.273. The van der Waals surface area contributed by atoms with Crippen LogP contribution in [0.5, 0.6) is 0 Å². The molecule has 4 nitrogen and oxygen atoms in total.